The number of nitrogens with two attached hydrogens (primary N) is 1. The number of β-lactam (4-membered cyclic amide) rings is 1. The van der Waals surface area contributed by atoms with Crippen LogP contribution in [0.4, 0.5) is 0 Å². The molecule has 0 aromatic heterocycles. The van der Waals surface area contributed by atoms with Gasteiger partial charge in [-0.15, -0.1) is 11.8 Å². The Morgan fingerprint density at radius 3 is 2.60 bits per heavy atom. The molecule has 4 aliphatic rings. The van der Waals surface area contributed by atoms with E-state index in [1.165, 1.54) is 16.7 Å². The van der Waals surface area contributed by atoms with E-state index in [1.54, 1.807) is 14.0 Å². The number of carboxylic acid groups (broad SMARTS) is 1. The molecular formula is C23H36N6O5S. The van der Waals surface area contributed by atoms with Crippen molar-refractivity contribution < 1.29 is 24.3 Å². The lowest BCUT2D eigenvalue weighted by molar-refractivity contribution is -0.158. The van der Waals surface area contributed by atoms with E-state index in [4.69, 9.17) is 5.73 Å². The fraction of sp³-hybridized carbons (Fsp3) is 0.739. The van der Waals surface area contributed by atoms with Crippen molar-refractivity contribution in [2.24, 2.45) is 17.6 Å². The van der Waals surface area contributed by atoms with Gasteiger partial charge in [-0.2, -0.15) is 0 Å². The monoisotopic (exact) mass is 508 g/mol. The smallest absolute Gasteiger partial charge is 0.353 e. The molecule has 3 fully saturated rings. The van der Waals surface area contributed by atoms with Gasteiger partial charge in [-0.1, -0.05) is 6.92 Å². The summed E-state index contributed by atoms with van der Waals surface area (Å²) in [5, 5.41) is 18.9. The van der Waals surface area contributed by atoms with Gasteiger partial charge in [-0.05, 0) is 33.2 Å². The number of rotatable bonds is 8. The summed E-state index contributed by atoms with van der Waals surface area (Å²) >= 11 is 1.47. The minimum Gasteiger partial charge on any atom is -0.477 e. The second-order valence-electron chi connectivity index (χ2n) is 10.0. The topological polar surface area (TPSA) is 157 Å². The summed E-state index contributed by atoms with van der Waals surface area (Å²) in [7, 11) is 1.67. The van der Waals surface area contributed by atoms with Crippen LogP contribution in [0.1, 0.15) is 33.1 Å². The number of hydrogen-bond donors (Lipinski definition) is 5. The van der Waals surface area contributed by atoms with E-state index in [0.717, 1.165) is 12.8 Å². The number of nitrogens with zero attached hydrogens (tertiary/aromatic N) is 2. The molecule has 194 valence electrons. The minimum absolute atomic E-state index is 0.0304. The van der Waals surface area contributed by atoms with Gasteiger partial charge in [0.2, 0.25) is 17.7 Å². The number of hydrogen-bond acceptors (Lipinski definition) is 8. The van der Waals surface area contributed by atoms with Crippen molar-refractivity contribution in [2.75, 3.05) is 33.2 Å². The van der Waals surface area contributed by atoms with Crippen LogP contribution in [-0.4, -0.2) is 101 Å². The Hall–Kier alpha value is -2.15. The first kappa shape index (κ1) is 25.9. The fourth-order valence-corrected chi connectivity index (χ4v) is 7.23. The van der Waals surface area contributed by atoms with E-state index in [2.05, 4.69) is 16.0 Å². The molecule has 0 spiro atoms. The van der Waals surface area contributed by atoms with Gasteiger partial charge in [-0.3, -0.25) is 14.4 Å². The summed E-state index contributed by atoms with van der Waals surface area (Å²) in [6.45, 7) is 5.81. The lowest BCUT2D eigenvalue weighted by atomic mass is 9.78. The second-order valence-corrected chi connectivity index (χ2v) is 11.4. The third kappa shape index (κ3) is 4.93. The first-order valence-electron chi connectivity index (χ1n) is 12.3. The number of nitrogens with one attached hydrogen (secondary N) is 3. The zero-order valence-corrected chi connectivity index (χ0v) is 21.3. The fourth-order valence-electron chi connectivity index (χ4n) is 5.75. The van der Waals surface area contributed by atoms with Crippen LogP contribution in [0.5, 0.6) is 0 Å². The first-order chi connectivity index (χ1) is 16.6. The Morgan fingerprint density at radius 1 is 1.29 bits per heavy atom. The molecule has 0 radical (unpaired) electrons. The van der Waals surface area contributed by atoms with Gasteiger partial charge < -0.3 is 36.6 Å². The third-order valence-electron chi connectivity index (χ3n) is 7.59. The Labute approximate surface area is 209 Å². The van der Waals surface area contributed by atoms with Crippen LogP contribution in [-0.2, 0) is 19.2 Å². The molecule has 3 amide bonds. The predicted molar refractivity (Wildman–Crippen MR) is 131 cm³/mol. The van der Waals surface area contributed by atoms with Gasteiger partial charge in [-0.25, -0.2) is 4.79 Å². The van der Waals surface area contributed by atoms with E-state index in [-0.39, 0.29) is 59.3 Å². The van der Waals surface area contributed by atoms with Gasteiger partial charge in [0.05, 0.1) is 24.5 Å². The van der Waals surface area contributed by atoms with Crippen LogP contribution in [0.2, 0.25) is 0 Å². The van der Waals surface area contributed by atoms with Crippen molar-refractivity contribution in [2.45, 2.75) is 62.5 Å². The third-order valence-corrected chi connectivity index (χ3v) is 9.10. The highest BCUT2D eigenvalue weighted by Gasteiger charge is 2.60. The highest BCUT2D eigenvalue weighted by molar-refractivity contribution is 8.03. The van der Waals surface area contributed by atoms with Crippen LogP contribution in [0.15, 0.2) is 10.6 Å². The molecule has 35 heavy (non-hydrogen) atoms. The lowest BCUT2D eigenvalue weighted by Crippen LogP contribution is -2.66. The Bertz CT molecular complexity index is 920. The van der Waals surface area contributed by atoms with Crippen LogP contribution >= 0.6 is 11.8 Å². The van der Waals surface area contributed by atoms with E-state index < -0.39 is 17.9 Å². The molecule has 0 unspecified atom stereocenters. The normalized spacial score (nSPS) is 31.9. The van der Waals surface area contributed by atoms with Gasteiger partial charge in [0, 0.05) is 47.8 Å². The molecule has 0 saturated carbocycles. The molecule has 3 saturated heterocycles. The first-order valence-corrected chi connectivity index (χ1v) is 13.2. The van der Waals surface area contributed by atoms with E-state index in [0.29, 0.717) is 31.0 Å². The zero-order valence-electron chi connectivity index (χ0n) is 20.5. The van der Waals surface area contributed by atoms with Crippen molar-refractivity contribution >= 4 is 35.5 Å². The van der Waals surface area contributed by atoms with Crippen molar-refractivity contribution in [1.82, 2.24) is 25.8 Å². The van der Waals surface area contributed by atoms with Crippen molar-refractivity contribution in [3.8, 4) is 0 Å². The molecule has 0 aromatic rings. The molecule has 4 heterocycles. The Balaban J connectivity index is 1.42. The number of piperidine rings is 1. The number of fused-ring (bicyclic) bond motifs is 1. The maximum atomic E-state index is 13.0. The summed E-state index contributed by atoms with van der Waals surface area (Å²) in [5.74, 6) is -2.16. The highest BCUT2D eigenvalue weighted by atomic mass is 32.2. The van der Waals surface area contributed by atoms with Gasteiger partial charge >= 0.3 is 5.97 Å². The molecule has 4 rings (SSSR count). The van der Waals surface area contributed by atoms with E-state index >= 15 is 0 Å². The molecule has 6 atom stereocenters. The van der Waals surface area contributed by atoms with Crippen molar-refractivity contribution in [3.05, 3.63) is 10.6 Å². The van der Waals surface area contributed by atoms with Gasteiger partial charge in [0.25, 0.3) is 0 Å². The SMILES string of the molecule is CNCC(=O)N[C@H](C)[C@H]1C(=O)N2C(C(=O)O)=C(S[C@@H]3CN[C@H](C(=O)N4CCC(N)CC4)C3)[C@H](C)[C@@H]12. The molecule has 6 N–H and O–H groups in total. The summed E-state index contributed by atoms with van der Waals surface area (Å²) < 4.78 is 0. The van der Waals surface area contributed by atoms with Crippen LogP contribution < -0.4 is 21.7 Å². The largest absolute Gasteiger partial charge is 0.477 e. The molecule has 0 aliphatic carbocycles. The van der Waals surface area contributed by atoms with E-state index in [1.807, 2.05) is 11.8 Å². The molecular weight excluding hydrogens is 472 g/mol. The number of likely N-dealkylation sites (N-methyl/N-ethyl adjacent to an activating group) is 1. The predicted octanol–water partition coefficient (Wildman–Crippen LogP) is -1.10. The average Bonchev–Trinajstić information content (AvgIpc) is 3.36. The number of carboxylic acids is 1. The number of likely N-dealkylation sites (tertiary alicyclic amines) is 1. The summed E-state index contributed by atoms with van der Waals surface area (Å²) in [5.41, 5.74) is 6.00. The molecule has 0 bridgehead atoms. The standard InChI is InChI=1S/C23H36N6O5S/c1-11-18-17(12(2)27-16(30)10-25-3)22(32)29(18)19(23(33)34)20(11)35-14-8-15(26-9-14)21(31)28-6-4-13(24)5-7-28/h11-15,17-18,25-26H,4-10,24H2,1-3H3,(H,27,30)(H,33,34)/t11-,12-,14+,15+,17-,18+/m1/s1. The number of amides is 3. The van der Waals surface area contributed by atoms with Crippen LogP contribution in [0, 0.1) is 11.8 Å². The molecule has 0 aromatic carbocycles. The molecule has 4 aliphatic heterocycles. The van der Waals surface area contributed by atoms with Crippen molar-refractivity contribution in [3.63, 3.8) is 0 Å². The highest BCUT2D eigenvalue weighted by Crippen LogP contribution is 2.51. The van der Waals surface area contributed by atoms with E-state index in [9.17, 15) is 24.3 Å². The maximum Gasteiger partial charge on any atom is 0.353 e. The summed E-state index contributed by atoms with van der Waals surface area (Å²) in [6.07, 6.45) is 2.22. The van der Waals surface area contributed by atoms with Gasteiger partial charge in [0.15, 0.2) is 0 Å². The maximum absolute atomic E-state index is 13.0. The van der Waals surface area contributed by atoms with Crippen LogP contribution in [0.3, 0.4) is 0 Å². The number of carbonyl (C=O) groups excluding carboxylic acids is 3. The average molecular weight is 509 g/mol. The summed E-state index contributed by atoms with van der Waals surface area (Å²) in [4.78, 5) is 54.1. The molecule has 11 nitrogen and oxygen atoms in total. The Morgan fingerprint density at radius 2 is 1.97 bits per heavy atom. The lowest BCUT2D eigenvalue weighted by Gasteiger charge is -2.47. The minimum atomic E-state index is -1.12. The van der Waals surface area contributed by atoms with Crippen molar-refractivity contribution in [1.29, 1.82) is 0 Å². The number of aliphatic carboxylic acids is 1. The van der Waals surface area contributed by atoms with Crippen LogP contribution in [0.25, 0.3) is 0 Å². The quantitative estimate of drug-likeness (QED) is 0.257. The summed E-state index contributed by atoms with van der Waals surface area (Å²) in [6, 6.07) is -0.841. The number of thioether (sulfide) groups is 1. The zero-order chi connectivity index (χ0) is 25.4. The van der Waals surface area contributed by atoms with Gasteiger partial charge in [0.1, 0.15) is 5.70 Å². The second kappa shape index (κ2) is 10.5. The molecule has 12 heteroatoms. The Kier molecular flexibility index (Phi) is 7.74. The number of carbonyl (C=O) groups is 4.